The third-order valence-corrected chi connectivity index (χ3v) is 4.67. The Balaban J connectivity index is 2.12. The van der Waals surface area contributed by atoms with E-state index in [1.807, 2.05) is 13.0 Å². The summed E-state index contributed by atoms with van der Waals surface area (Å²) in [5.41, 5.74) is 3.36. The van der Waals surface area contributed by atoms with Gasteiger partial charge in [0.2, 0.25) is 0 Å². The smallest absolute Gasteiger partial charge is 0.0948 e. The van der Waals surface area contributed by atoms with E-state index in [9.17, 15) is 0 Å². The van der Waals surface area contributed by atoms with Crippen molar-refractivity contribution in [2.45, 2.75) is 33.6 Å². The lowest BCUT2D eigenvalue weighted by molar-refractivity contribution is 0.670. The summed E-state index contributed by atoms with van der Waals surface area (Å²) in [6.45, 7) is 8.43. The normalized spacial score (nSPS) is 11.0. The van der Waals surface area contributed by atoms with Gasteiger partial charge >= 0.3 is 0 Å². The van der Waals surface area contributed by atoms with E-state index in [-0.39, 0.29) is 0 Å². The van der Waals surface area contributed by atoms with Crippen LogP contribution in [-0.2, 0) is 6.42 Å². The molecule has 1 heterocycles. The molecular formula is C16H21ClN2S. The molecular weight excluding hydrogens is 288 g/mol. The first-order valence-corrected chi connectivity index (χ1v) is 8.24. The number of thiazole rings is 1. The fourth-order valence-corrected chi connectivity index (χ4v) is 3.19. The average molecular weight is 309 g/mol. The van der Waals surface area contributed by atoms with E-state index in [2.05, 4.69) is 31.3 Å². The van der Waals surface area contributed by atoms with Crippen molar-refractivity contribution in [3.05, 3.63) is 38.7 Å². The largest absolute Gasteiger partial charge is 0.316 e. The van der Waals surface area contributed by atoms with Crippen LogP contribution in [0.25, 0.3) is 11.3 Å². The van der Waals surface area contributed by atoms with Crippen LogP contribution in [0.3, 0.4) is 0 Å². The molecule has 0 aliphatic rings. The van der Waals surface area contributed by atoms with Crippen LogP contribution in [0.15, 0.2) is 18.2 Å². The highest BCUT2D eigenvalue weighted by Gasteiger charge is 2.10. The van der Waals surface area contributed by atoms with Gasteiger partial charge in [-0.1, -0.05) is 24.6 Å². The maximum Gasteiger partial charge on any atom is 0.0948 e. The van der Waals surface area contributed by atoms with Crippen molar-refractivity contribution in [3.63, 3.8) is 0 Å². The fourth-order valence-electron chi connectivity index (χ4n) is 2.12. The minimum Gasteiger partial charge on any atom is -0.316 e. The first-order valence-electron chi connectivity index (χ1n) is 7.05. The highest BCUT2D eigenvalue weighted by atomic mass is 35.5. The summed E-state index contributed by atoms with van der Waals surface area (Å²) in [5.74, 6) is 0. The SMILES string of the molecule is CCCNCCc1nc(-c2ccc(Cl)c(C)c2)c(C)s1. The average Bonchev–Trinajstić information content (AvgIpc) is 2.79. The summed E-state index contributed by atoms with van der Waals surface area (Å²) in [6.07, 6.45) is 2.17. The summed E-state index contributed by atoms with van der Waals surface area (Å²) in [5, 5.41) is 5.43. The molecule has 0 bridgehead atoms. The van der Waals surface area contributed by atoms with Crippen molar-refractivity contribution in [1.29, 1.82) is 0 Å². The number of halogens is 1. The van der Waals surface area contributed by atoms with Crippen LogP contribution in [0, 0.1) is 13.8 Å². The quantitative estimate of drug-likeness (QED) is 0.787. The maximum absolute atomic E-state index is 6.09. The van der Waals surface area contributed by atoms with E-state index in [4.69, 9.17) is 16.6 Å². The molecule has 2 rings (SSSR count). The van der Waals surface area contributed by atoms with Crippen LogP contribution < -0.4 is 5.32 Å². The molecule has 0 saturated heterocycles. The van der Waals surface area contributed by atoms with Gasteiger partial charge in [0.1, 0.15) is 0 Å². The van der Waals surface area contributed by atoms with E-state index in [0.29, 0.717) is 0 Å². The van der Waals surface area contributed by atoms with E-state index < -0.39 is 0 Å². The van der Waals surface area contributed by atoms with Crippen LogP contribution in [0.2, 0.25) is 5.02 Å². The second-order valence-corrected chi connectivity index (χ2v) is 6.67. The molecule has 0 spiro atoms. The Labute approximate surface area is 130 Å². The predicted molar refractivity (Wildman–Crippen MR) is 88.9 cm³/mol. The molecule has 0 unspecified atom stereocenters. The topological polar surface area (TPSA) is 24.9 Å². The first-order chi connectivity index (χ1) is 9.61. The van der Waals surface area contributed by atoms with Gasteiger partial charge in [0.15, 0.2) is 0 Å². The molecule has 0 saturated carbocycles. The molecule has 0 amide bonds. The van der Waals surface area contributed by atoms with Crippen molar-refractivity contribution in [2.24, 2.45) is 0 Å². The van der Waals surface area contributed by atoms with Crippen LogP contribution in [0.4, 0.5) is 0 Å². The van der Waals surface area contributed by atoms with Crippen molar-refractivity contribution >= 4 is 22.9 Å². The molecule has 2 nitrogen and oxygen atoms in total. The molecule has 0 aliphatic carbocycles. The van der Waals surface area contributed by atoms with E-state index in [1.54, 1.807) is 11.3 Å². The monoisotopic (exact) mass is 308 g/mol. The number of aromatic nitrogens is 1. The Morgan fingerprint density at radius 1 is 1.25 bits per heavy atom. The van der Waals surface area contributed by atoms with Crippen molar-refractivity contribution < 1.29 is 0 Å². The van der Waals surface area contributed by atoms with Gasteiger partial charge in [0, 0.05) is 28.4 Å². The van der Waals surface area contributed by atoms with Crippen LogP contribution >= 0.6 is 22.9 Å². The molecule has 108 valence electrons. The second-order valence-electron chi connectivity index (χ2n) is 4.98. The number of nitrogens with one attached hydrogen (secondary N) is 1. The molecule has 1 aromatic heterocycles. The van der Waals surface area contributed by atoms with Gasteiger partial charge in [-0.05, 0) is 44.5 Å². The summed E-state index contributed by atoms with van der Waals surface area (Å²) in [4.78, 5) is 6.06. The number of aryl methyl sites for hydroxylation is 2. The van der Waals surface area contributed by atoms with Gasteiger partial charge in [0.05, 0.1) is 10.7 Å². The molecule has 1 aromatic carbocycles. The van der Waals surface area contributed by atoms with Crippen LogP contribution in [0.1, 0.15) is 28.8 Å². The van der Waals surface area contributed by atoms with Gasteiger partial charge < -0.3 is 5.32 Å². The summed E-state index contributed by atoms with van der Waals surface area (Å²) in [6, 6.07) is 6.12. The molecule has 0 radical (unpaired) electrons. The number of rotatable bonds is 6. The van der Waals surface area contributed by atoms with Gasteiger partial charge in [0.25, 0.3) is 0 Å². The third-order valence-electron chi connectivity index (χ3n) is 3.21. The molecule has 0 fully saturated rings. The minimum absolute atomic E-state index is 0.811. The third kappa shape index (κ3) is 3.81. The first kappa shape index (κ1) is 15.5. The highest BCUT2D eigenvalue weighted by Crippen LogP contribution is 2.30. The summed E-state index contributed by atoms with van der Waals surface area (Å²) < 4.78 is 0. The molecule has 0 atom stereocenters. The van der Waals surface area contributed by atoms with E-state index in [0.717, 1.165) is 41.4 Å². The highest BCUT2D eigenvalue weighted by molar-refractivity contribution is 7.12. The standard InChI is InChI=1S/C16H21ClN2S/c1-4-8-18-9-7-15-19-16(12(3)20-15)13-5-6-14(17)11(2)10-13/h5-6,10,18H,4,7-9H2,1-3H3. The number of hydrogen-bond donors (Lipinski definition) is 1. The molecule has 2 aromatic rings. The molecule has 0 aliphatic heterocycles. The summed E-state index contributed by atoms with van der Waals surface area (Å²) in [7, 11) is 0. The van der Waals surface area contributed by atoms with E-state index in [1.165, 1.54) is 16.3 Å². The zero-order chi connectivity index (χ0) is 14.5. The fraction of sp³-hybridized carbons (Fsp3) is 0.438. The molecule has 20 heavy (non-hydrogen) atoms. The van der Waals surface area contributed by atoms with E-state index >= 15 is 0 Å². The second kappa shape index (κ2) is 7.21. The van der Waals surface area contributed by atoms with Gasteiger partial charge in [-0.2, -0.15) is 0 Å². The Kier molecular flexibility index (Phi) is 5.58. The Hall–Kier alpha value is -0.900. The lowest BCUT2D eigenvalue weighted by Gasteiger charge is -2.02. The Bertz CT molecular complexity index is 578. The van der Waals surface area contributed by atoms with Crippen molar-refractivity contribution in [3.8, 4) is 11.3 Å². The van der Waals surface area contributed by atoms with Gasteiger partial charge in [-0.15, -0.1) is 11.3 Å². The van der Waals surface area contributed by atoms with Crippen molar-refractivity contribution in [1.82, 2.24) is 10.3 Å². The lowest BCUT2D eigenvalue weighted by atomic mass is 10.1. The van der Waals surface area contributed by atoms with Gasteiger partial charge in [-0.25, -0.2) is 4.98 Å². The maximum atomic E-state index is 6.09. The molecule has 1 N–H and O–H groups in total. The van der Waals surface area contributed by atoms with Crippen LogP contribution in [0.5, 0.6) is 0 Å². The molecule has 4 heteroatoms. The predicted octanol–water partition coefficient (Wildman–Crippen LogP) is 4.62. The number of benzene rings is 1. The zero-order valence-corrected chi connectivity index (χ0v) is 13.9. The zero-order valence-electron chi connectivity index (χ0n) is 12.3. The Morgan fingerprint density at radius 2 is 2.05 bits per heavy atom. The number of hydrogen-bond acceptors (Lipinski definition) is 3. The summed E-state index contributed by atoms with van der Waals surface area (Å²) >= 11 is 7.88. The van der Waals surface area contributed by atoms with Crippen LogP contribution in [-0.4, -0.2) is 18.1 Å². The van der Waals surface area contributed by atoms with Gasteiger partial charge in [-0.3, -0.25) is 0 Å². The lowest BCUT2D eigenvalue weighted by Crippen LogP contribution is -2.17. The minimum atomic E-state index is 0.811. The Morgan fingerprint density at radius 3 is 2.75 bits per heavy atom. The van der Waals surface area contributed by atoms with Crippen molar-refractivity contribution in [2.75, 3.05) is 13.1 Å². The number of nitrogens with zero attached hydrogens (tertiary/aromatic N) is 1.